The molecule has 0 aromatic heterocycles. The van der Waals surface area contributed by atoms with Crippen LogP contribution in [0.4, 0.5) is 4.79 Å². The number of carboxylic acid groups (broad SMARTS) is 1. The molecule has 1 aliphatic heterocycles. The number of aliphatic imine (C=N–C) groups is 1. The van der Waals surface area contributed by atoms with E-state index < -0.39 is 24.0 Å². The number of nitrogens with one attached hydrogen (secondary N) is 2. The van der Waals surface area contributed by atoms with Gasteiger partial charge in [0.2, 0.25) is 5.91 Å². The molecule has 2 atom stereocenters. The number of carbonyl (C=O) groups excluding carboxylic acids is 2. The lowest BCUT2D eigenvalue weighted by atomic mass is 9.97. The number of aromatic carboxylic acids is 1. The highest BCUT2D eigenvalue weighted by atomic mass is 35.5. The zero-order valence-electron chi connectivity index (χ0n) is 22.6. The monoisotopic (exact) mass is 558 g/mol. The van der Waals surface area contributed by atoms with Gasteiger partial charge in [-0.05, 0) is 67.6 Å². The Bertz CT molecular complexity index is 1230. The summed E-state index contributed by atoms with van der Waals surface area (Å²) in [6, 6.07) is 9.17. The van der Waals surface area contributed by atoms with Crippen LogP contribution in [-0.2, 0) is 16.1 Å². The van der Waals surface area contributed by atoms with Crippen molar-refractivity contribution in [2.75, 3.05) is 26.8 Å². The minimum absolute atomic E-state index is 0.0936. The summed E-state index contributed by atoms with van der Waals surface area (Å²) < 4.78 is 5.45. The maximum absolute atomic E-state index is 13.7. The van der Waals surface area contributed by atoms with Crippen molar-refractivity contribution in [3.8, 4) is 5.75 Å². The number of ether oxygens (including phenoxy) is 1. The fourth-order valence-electron chi connectivity index (χ4n) is 4.49. The van der Waals surface area contributed by atoms with Gasteiger partial charge in [0.25, 0.3) is 0 Å². The second-order valence-corrected chi connectivity index (χ2v) is 9.71. The van der Waals surface area contributed by atoms with Gasteiger partial charge in [-0.1, -0.05) is 37.1 Å². The van der Waals surface area contributed by atoms with E-state index in [2.05, 4.69) is 15.8 Å². The first kappa shape index (κ1) is 29.9. The van der Waals surface area contributed by atoms with Crippen molar-refractivity contribution in [3.63, 3.8) is 0 Å². The van der Waals surface area contributed by atoms with Crippen LogP contribution in [0.1, 0.15) is 59.8 Å². The summed E-state index contributed by atoms with van der Waals surface area (Å²) in [7, 11) is 1.54. The van der Waals surface area contributed by atoms with Gasteiger partial charge >= 0.3 is 12.0 Å². The maximum atomic E-state index is 13.7. The van der Waals surface area contributed by atoms with E-state index in [0.29, 0.717) is 35.2 Å². The Morgan fingerprint density at radius 3 is 2.64 bits per heavy atom. The number of carboxylic acids is 1. The molecule has 0 unspecified atom stereocenters. The van der Waals surface area contributed by atoms with Gasteiger partial charge in [0, 0.05) is 5.02 Å². The second kappa shape index (κ2) is 14.0. The van der Waals surface area contributed by atoms with Crippen LogP contribution in [0.5, 0.6) is 5.75 Å². The standard InChI is InChI=1S/C28H35ClN4O6/c1-5-7-23(18-8-10-22(27(35)36)17(3)12-18)31-28(37)33-16-25(32-39-6-2)30-15-20(26(33)34)13-19-14-21(29)9-11-24(19)38-4/h8-12,14,20,23H,5-7,13,15-16H2,1-4H3,(H,30,32)(H,31,37)(H,35,36)/t20-,23-/m1/s1. The first-order valence-electron chi connectivity index (χ1n) is 12.9. The van der Waals surface area contributed by atoms with E-state index in [0.717, 1.165) is 22.4 Å². The lowest BCUT2D eigenvalue weighted by Crippen LogP contribution is -2.50. The number of amidine groups is 1. The number of nitrogens with zero attached hydrogens (tertiary/aromatic N) is 2. The van der Waals surface area contributed by atoms with Crippen LogP contribution in [0.25, 0.3) is 0 Å². The van der Waals surface area contributed by atoms with Crippen LogP contribution < -0.4 is 15.5 Å². The van der Waals surface area contributed by atoms with Gasteiger partial charge in [-0.2, -0.15) is 0 Å². The molecule has 1 aliphatic rings. The van der Waals surface area contributed by atoms with Crippen molar-refractivity contribution in [3.05, 3.63) is 63.7 Å². The molecule has 2 aromatic rings. The molecule has 0 aliphatic carbocycles. The van der Waals surface area contributed by atoms with Crippen molar-refractivity contribution in [2.24, 2.45) is 10.9 Å². The van der Waals surface area contributed by atoms with Crippen LogP contribution >= 0.6 is 11.6 Å². The van der Waals surface area contributed by atoms with Crippen molar-refractivity contribution >= 4 is 35.3 Å². The number of imide groups is 1. The van der Waals surface area contributed by atoms with Gasteiger partial charge in [0.1, 0.15) is 11.6 Å². The first-order chi connectivity index (χ1) is 18.7. The van der Waals surface area contributed by atoms with Crippen LogP contribution in [0, 0.1) is 12.8 Å². The summed E-state index contributed by atoms with van der Waals surface area (Å²) >= 11 is 6.20. The molecule has 3 amide bonds. The number of rotatable bonds is 10. The Hall–Kier alpha value is -3.63. The van der Waals surface area contributed by atoms with Gasteiger partial charge in [0.15, 0.2) is 0 Å². The Balaban J connectivity index is 1.89. The third-order valence-electron chi connectivity index (χ3n) is 6.47. The van der Waals surface area contributed by atoms with E-state index in [1.807, 2.05) is 6.92 Å². The summed E-state index contributed by atoms with van der Waals surface area (Å²) in [6.45, 7) is 5.92. The van der Waals surface area contributed by atoms with Crippen LogP contribution in [0.15, 0.2) is 41.4 Å². The molecule has 0 bridgehead atoms. The summed E-state index contributed by atoms with van der Waals surface area (Å²) in [5.74, 6) is -1.10. The van der Waals surface area contributed by atoms with Crippen molar-refractivity contribution < 1.29 is 29.1 Å². The number of hydrogen-bond donors (Lipinski definition) is 3. The van der Waals surface area contributed by atoms with Gasteiger partial charge in [-0.15, -0.1) is 0 Å². The predicted molar refractivity (Wildman–Crippen MR) is 148 cm³/mol. The molecule has 210 valence electrons. The molecule has 0 saturated carbocycles. The molecule has 0 saturated heterocycles. The van der Waals surface area contributed by atoms with Crippen molar-refractivity contribution in [1.29, 1.82) is 0 Å². The minimum Gasteiger partial charge on any atom is -0.496 e. The van der Waals surface area contributed by atoms with E-state index in [4.69, 9.17) is 21.2 Å². The van der Waals surface area contributed by atoms with Crippen LogP contribution in [0.2, 0.25) is 5.02 Å². The highest BCUT2D eigenvalue weighted by molar-refractivity contribution is 6.30. The van der Waals surface area contributed by atoms with Crippen LogP contribution in [-0.4, -0.2) is 60.6 Å². The average molecular weight is 559 g/mol. The highest BCUT2D eigenvalue weighted by Gasteiger charge is 2.34. The summed E-state index contributed by atoms with van der Waals surface area (Å²) in [4.78, 5) is 49.7. The van der Waals surface area contributed by atoms with Gasteiger partial charge in [-0.3, -0.25) is 25.0 Å². The normalized spacial score (nSPS) is 16.2. The summed E-state index contributed by atoms with van der Waals surface area (Å²) in [5.41, 5.74) is 5.03. The molecule has 39 heavy (non-hydrogen) atoms. The van der Waals surface area contributed by atoms with Crippen molar-refractivity contribution in [1.82, 2.24) is 15.7 Å². The van der Waals surface area contributed by atoms with Gasteiger partial charge < -0.3 is 15.2 Å². The molecule has 10 nitrogen and oxygen atoms in total. The lowest BCUT2D eigenvalue weighted by Gasteiger charge is -2.27. The fourth-order valence-corrected chi connectivity index (χ4v) is 4.69. The SMILES string of the molecule is CCC[C@@H](NC(=O)N1CC(NOCC)=NC[C@@H](Cc2cc(Cl)ccc2OC)C1=O)c1ccc(C(=O)O)c(C)c1. The molecule has 0 radical (unpaired) electrons. The number of halogens is 1. The first-order valence-corrected chi connectivity index (χ1v) is 13.2. The smallest absolute Gasteiger partial charge is 0.335 e. The van der Waals surface area contributed by atoms with E-state index in [1.165, 1.54) is 6.07 Å². The number of methoxy groups -OCH3 is 1. The maximum Gasteiger partial charge on any atom is 0.335 e. The highest BCUT2D eigenvalue weighted by Crippen LogP contribution is 2.27. The second-order valence-electron chi connectivity index (χ2n) is 9.27. The van der Waals surface area contributed by atoms with Crippen LogP contribution in [0.3, 0.4) is 0 Å². The molecular formula is C28H35ClN4O6. The molecular weight excluding hydrogens is 524 g/mol. The Morgan fingerprint density at radius 1 is 1.23 bits per heavy atom. The zero-order chi connectivity index (χ0) is 28.5. The Kier molecular flexibility index (Phi) is 10.7. The molecule has 0 spiro atoms. The molecule has 3 rings (SSSR count). The number of aryl methyl sites for hydroxylation is 1. The minimum atomic E-state index is -1.01. The zero-order valence-corrected chi connectivity index (χ0v) is 23.4. The molecule has 2 aromatic carbocycles. The van der Waals surface area contributed by atoms with E-state index in [9.17, 15) is 19.5 Å². The number of hydrogen-bond acceptors (Lipinski definition) is 7. The van der Waals surface area contributed by atoms with E-state index in [1.54, 1.807) is 51.3 Å². The quantitative estimate of drug-likeness (QED) is 0.365. The van der Waals surface area contributed by atoms with Gasteiger partial charge in [-0.25, -0.2) is 9.59 Å². The Morgan fingerprint density at radius 2 is 2.00 bits per heavy atom. The average Bonchev–Trinajstić information content (AvgIpc) is 3.05. The lowest BCUT2D eigenvalue weighted by molar-refractivity contribution is -0.131. The predicted octanol–water partition coefficient (Wildman–Crippen LogP) is 4.55. The van der Waals surface area contributed by atoms with E-state index >= 15 is 0 Å². The number of urea groups is 1. The van der Waals surface area contributed by atoms with Crippen molar-refractivity contribution in [2.45, 2.75) is 46.1 Å². The topological polar surface area (TPSA) is 130 Å². The molecule has 0 fully saturated rings. The molecule has 3 N–H and O–H groups in total. The largest absolute Gasteiger partial charge is 0.496 e. The number of carbonyl (C=O) groups is 3. The van der Waals surface area contributed by atoms with Gasteiger partial charge in [0.05, 0.1) is 44.3 Å². The molecule has 1 heterocycles. The Labute approximate surface area is 233 Å². The third-order valence-corrected chi connectivity index (χ3v) is 6.71. The number of hydroxylamine groups is 1. The third kappa shape index (κ3) is 7.70. The molecule has 11 heteroatoms. The number of benzene rings is 2. The van der Waals surface area contributed by atoms with E-state index in [-0.39, 0.29) is 31.0 Å². The number of amides is 3. The summed E-state index contributed by atoms with van der Waals surface area (Å²) in [6.07, 6.45) is 1.63. The summed E-state index contributed by atoms with van der Waals surface area (Å²) in [5, 5.41) is 12.9. The fraction of sp³-hybridized carbons (Fsp3) is 0.429.